The quantitative estimate of drug-likeness (QED) is 0.479. The van der Waals surface area contributed by atoms with Gasteiger partial charge in [-0.15, -0.1) is 0 Å². The van der Waals surface area contributed by atoms with Crippen molar-refractivity contribution in [1.82, 2.24) is 0 Å². The zero-order valence-corrected chi connectivity index (χ0v) is 14.0. The molecule has 3 aromatic rings. The van der Waals surface area contributed by atoms with Gasteiger partial charge < -0.3 is 9.32 Å². The molecule has 1 aromatic heterocycles. The van der Waals surface area contributed by atoms with Crippen LogP contribution in [0.4, 0.5) is 20.2 Å². The number of benzene rings is 2. The number of amides is 1. The van der Waals surface area contributed by atoms with Crippen molar-refractivity contribution in [2.24, 2.45) is 0 Å². The molecule has 0 radical (unpaired) electrons. The number of furan rings is 1. The maximum absolute atomic E-state index is 14.3. The van der Waals surface area contributed by atoms with E-state index in [-0.39, 0.29) is 29.9 Å². The van der Waals surface area contributed by atoms with E-state index < -0.39 is 22.5 Å². The van der Waals surface area contributed by atoms with Crippen molar-refractivity contribution >= 4 is 17.3 Å². The Morgan fingerprint density at radius 1 is 1.11 bits per heavy atom. The second-order valence-corrected chi connectivity index (χ2v) is 5.72. The van der Waals surface area contributed by atoms with Crippen molar-refractivity contribution < 1.29 is 22.9 Å². The van der Waals surface area contributed by atoms with Crippen LogP contribution in [0, 0.1) is 21.7 Å². The normalized spacial score (nSPS) is 10.6. The van der Waals surface area contributed by atoms with Crippen LogP contribution in [-0.2, 0) is 17.8 Å². The highest BCUT2D eigenvalue weighted by atomic mass is 19.1. The smallest absolute Gasteiger partial charge is 0.273 e. The summed E-state index contributed by atoms with van der Waals surface area (Å²) in [6.45, 7) is -0.102. The predicted molar refractivity (Wildman–Crippen MR) is 93.1 cm³/mol. The molecular weight excluding hydrogens is 358 g/mol. The molecule has 0 N–H and O–H groups in total. The molecule has 0 fully saturated rings. The van der Waals surface area contributed by atoms with Crippen molar-refractivity contribution in [3.8, 4) is 0 Å². The van der Waals surface area contributed by atoms with Crippen molar-refractivity contribution in [2.75, 3.05) is 4.90 Å². The van der Waals surface area contributed by atoms with Gasteiger partial charge in [-0.25, -0.2) is 8.78 Å². The Morgan fingerprint density at radius 2 is 1.89 bits per heavy atom. The second kappa shape index (κ2) is 7.77. The molecular formula is C19H14F2N2O4. The molecule has 0 spiro atoms. The number of para-hydroxylation sites is 1. The minimum absolute atomic E-state index is 0.102. The number of anilines is 1. The first-order valence-electron chi connectivity index (χ1n) is 7.96. The zero-order chi connectivity index (χ0) is 19.4. The fraction of sp³-hybridized carbons (Fsp3) is 0.105. The van der Waals surface area contributed by atoms with E-state index in [1.54, 1.807) is 18.2 Å². The Balaban J connectivity index is 1.95. The lowest BCUT2D eigenvalue weighted by molar-refractivity contribution is -0.385. The number of carbonyl (C=O) groups excluding carboxylic acids is 1. The molecule has 0 saturated heterocycles. The van der Waals surface area contributed by atoms with Gasteiger partial charge in [0.15, 0.2) is 0 Å². The maximum atomic E-state index is 14.3. The number of carbonyl (C=O) groups is 1. The second-order valence-electron chi connectivity index (χ2n) is 5.72. The number of halogens is 2. The summed E-state index contributed by atoms with van der Waals surface area (Å²) in [7, 11) is 0. The molecule has 2 aromatic carbocycles. The van der Waals surface area contributed by atoms with Crippen molar-refractivity contribution in [1.29, 1.82) is 0 Å². The zero-order valence-electron chi connectivity index (χ0n) is 14.0. The third kappa shape index (κ3) is 4.17. The Kier molecular flexibility index (Phi) is 5.25. The molecule has 3 rings (SSSR count). The van der Waals surface area contributed by atoms with E-state index in [4.69, 9.17) is 4.42 Å². The van der Waals surface area contributed by atoms with E-state index in [1.807, 2.05) is 0 Å². The van der Waals surface area contributed by atoms with Gasteiger partial charge in [-0.3, -0.25) is 14.9 Å². The molecule has 1 heterocycles. The van der Waals surface area contributed by atoms with Crippen LogP contribution in [0.2, 0.25) is 0 Å². The average molecular weight is 372 g/mol. The summed E-state index contributed by atoms with van der Waals surface area (Å²) < 4.78 is 32.7. The van der Waals surface area contributed by atoms with Crippen LogP contribution in [0.1, 0.15) is 11.3 Å². The standard InChI is InChI=1S/C19H14F2N2O4/c20-14-7-8-18(16(21)11-14)22(12-15-5-3-9-27-15)19(24)10-13-4-1-2-6-17(13)23(25)26/h1-9,11H,10,12H2. The van der Waals surface area contributed by atoms with Crippen LogP contribution in [0.15, 0.2) is 65.3 Å². The van der Waals surface area contributed by atoms with Gasteiger partial charge in [-0.2, -0.15) is 0 Å². The molecule has 0 aliphatic carbocycles. The maximum Gasteiger partial charge on any atom is 0.273 e. The number of hydrogen-bond donors (Lipinski definition) is 0. The first kappa shape index (κ1) is 18.2. The van der Waals surface area contributed by atoms with Crippen molar-refractivity contribution in [3.63, 3.8) is 0 Å². The fourth-order valence-electron chi connectivity index (χ4n) is 2.66. The van der Waals surface area contributed by atoms with Crippen LogP contribution in [0.25, 0.3) is 0 Å². The minimum Gasteiger partial charge on any atom is -0.467 e. The molecule has 0 aliphatic heterocycles. The summed E-state index contributed by atoms with van der Waals surface area (Å²) >= 11 is 0. The third-order valence-electron chi connectivity index (χ3n) is 3.93. The monoisotopic (exact) mass is 372 g/mol. The Hall–Kier alpha value is -3.55. The van der Waals surface area contributed by atoms with E-state index >= 15 is 0 Å². The largest absolute Gasteiger partial charge is 0.467 e. The van der Waals surface area contributed by atoms with Crippen LogP contribution in [0.5, 0.6) is 0 Å². The van der Waals surface area contributed by atoms with E-state index in [2.05, 4.69) is 0 Å². The van der Waals surface area contributed by atoms with E-state index in [0.717, 1.165) is 17.0 Å². The highest BCUT2D eigenvalue weighted by molar-refractivity contribution is 5.95. The Labute approximate surface area is 152 Å². The van der Waals surface area contributed by atoms with Gasteiger partial charge in [0.1, 0.15) is 17.4 Å². The average Bonchev–Trinajstić information content (AvgIpc) is 3.13. The van der Waals surface area contributed by atoms with Gasteiger partial charge in [0.05, 0.1) is 29.8 Å². The number of nitro benzene ring substituents is 1. The molecule has 0 atom stereocenters. The topological polar surface area (TPSA) is 76.6 Å². The number of rotatable bonds is 6. The third-order valence-corrected chi connectivity index (χ3v) is 3.93. The summed E-state index contributed by atoms with van der Waals surface area (Å²) in [5, 5.41) is 11.2. The van der Waals surface area contributed by atoms with E-state index in [0.29, 0.717) is 11.8 Å². The van der Waals surface area contributed by atoms with Crippen molar-refractivity contribution in [2.45, 2.75) is 13.0 Å². The molecule has 138 valence electrons. The van der Waals surface area contributed by atoms with E-state index in [9.17, 15) is 23.7 Å². The van der Waals surface area contributed by atoms with Gasteiger partial charge in [0.25, 0.3) is 5.69 Å². The van der Waals surface area contributed by atoms with Gasteiger partial charge in [-0.1, -0.05) is 18.2 Å². The molecule has 0 bridgehead atoms. The van der Waals surface area contributed by atoms with E-state index in [1.165, 1.54) is 24.5 Å². The number of nitrogens with zero attached hydrogens (tertiary/aromatic N) is 2. The molecule has 1 amide bonds. The van der Waals surface area contributed by atoms with Crippen LogP contribution in [-0.4, -0.2) is 10.8 Å². The highest BCUT2D eigenvalue weighted by Gasteiger charge is 2.24. The van der Waals surface area contributed by atoms with Crippen LogP contribution in [0.3, 0.4) is 0 Å². The predicted octanol–water partition coefficient (Wildman–Crippen LogP) is 4.24. The van der Waals surface area contributed by atoms with Gasteiger partial charge in [-0.05, 0) is 24.3 Å². The van der Waals surface area contributed by atoms with Gasteiger partial charge in [0, 0.05) is 17.7 Å². The first-order chi connectivity index (χ1) is 13.0. The van der Waals surface area contributed by atoms with Crippen molar-refractivity contribution in [3.05, 3.63) is 93.9 Å². The summed E-state index contributed by atoms with van der Waals surface area (Å²) in [4.78, 5) is 24.5. The Bertz CT molecular complexity index is 974. The lowest BCUT2D eigenvalue weighted by Crippen LogP contribution is -2.32. The molecule has 0 aliphatic rings. The molecule has 0 unspecified atom stereocenters. The molecule has 0 saturated carbocycles. The highest BCUT2D eigenvalue weighted by Crippen LogP contribution is 2.25. The van der Waals surface area contributed by atoms with Crippen LogP contribution >= 0.6 is 0 Å². The lowest BCUT2D eigenvalue weighted by atomic mass is 10.1. The van der Waals surface area contributed by atoms with Gasteiger partial charge in [0.2, 0.25) is 5.91 Å². The molecule has 27 heavy (non-hydrogen) atoms. The fourth-order valence-corrected chi connectivity index (χ4v) is 2.66. The minimum atomic E-state index is -0.919. The SMILES string of the molecule is O=C(Cc1ccccc1[N+](=O)[O-])N(Cc1ccco1)c1ccc(F)cc1F. The number of nitro groups is 1. The summed E-state index contributed by atoms with van der Waals surface area (Å²) in [5.41, 5.74) is -0.153. The first-order valence-corrected chi connectivity index (χ1v) is 7.96. The Morgan fingerprint density at radius 3 is 2.56 bits per heavy atom. The van der Waals surface area contributed by atoms with Crippen LogP contribution < -0.4 is 4.90 Å². The summed E-state index contributed by atoms with van der Waals surface area (Å²) in [6.07, 6.45) is 1.08. The summed E-state index contributed by atoms with van der Waals surface area (Å²) in [6, 6.07) is 11.9. The molecule has 6 nitrogen and oxygen atoms in total. The van der Waals surface area contributed by atoms with Gasteiger partial charge >= 0.3 is 0 Å². The summed E-state index contributed by atoms with van der Waals surface area (Å²) in [5.74, 6) is -1.90. The molecule has 8 heteroatoms. The number of hydrogen-bond acceptors (Lipinski definition) is 4. The lowest BCUT2D eigenvalue weighted by Gasteiger charge is -2.22.